The minimum atomic E-state index is 0.719. The lowest BCUT2D eigenvalue weighted by atomic mass is 9.73. The lowest BCUT2D eigenvalue weighted by molar-refractivity contribution is 0.232. The molecular weight excluding hydrogens is 326 g/mol. The fourth-order valence-corrected chi connectivity index (χ4v) is 4.66. The third kappa shape index (κ3) is 5.23. The summed E-state index contributed by atoms with van der Waals surface area (Å²) in [5.41, 5.74) is 4.65. The van der Waals surface area contributed by atoms with Crippen LogP contribution in [0, 0.1) is 23.2 Å². The van der Waals surface area contributed by atoms with Gasteiger partial charge in [-0.2, -0.15) is 5.26 Å². The van der Waals surface area contributed by atoms with Gasteiger partial charge in [-0.1, -0.05) is 75.9 Å². The van der Waals surface area contributed by atoms with E-state index in [0.29, 0.717) is 0 Å². The van der Waals surface area contributed by atoms with Crippen LogP contribution < -0.4 is 0 Å². The van der Waals surface area contributed by atoms with Crippen molar-refractivity contribution in [2.75, 3.05) is 0 Å². The number of unbranched alkanes of at least 4 members (excludes halogenated alkanes) is 2. The highest BCUT2D eigenvalue weighted by Gasteiger charge is 2.25. The van der Waals surface area contributed by atoms with Gasteiger partial charge in [0.25, 0.3) is 0 Å². The van der Waals surface area contributed by atoms with Crippen molar-refractivity contribution in [2.24, 2.45) is 11.8 Å². The summed E-state index contributed by atoms with van der Waals surface area (Å²) in [5.74, 6) is 2.58. The second-order valence-corrected chi connectivity index (χ2v) is 8.40. The summed E-state index contributed by atoms with van der Waals surface area (Å²) in [4.78, 5) is 0. The quantitative estimate of drug-likeness (QED) is 0.464. The monoisotopic (exact) mass is 359 g/mol. The summed E-state index contributed by atoms with van der Waals surface area (Å²) in [6, 6.07) is 19.2. The summed E-state index contributed by atoms with van der Waals surface area (Å²) in [6.45, 7) is 4.77. The molecule has 1 aliphatic carbocycles. The van der Waals surface area contributed by atoms with E-state index in [1.807, 2.05) is 24.3 Å². The number of rotatable bonds is 7. The third-order valence-electron chi connectivity index (χ3n) is 6.57. The normalized spacial score (nSPS) is 20.8. The summed E-state index contributed by atoms with van der Waals surface area (Å²) >= 11 is 0. The first-order valence-corrected chi connectivity index (χ1v) is 10.8. The number of hydrogen-bond acceptors (Lipinski definition) is 1. The van der Waals surface area contributed by atoms with E-state index in [2.05, 4.69) is 44.2 Å². The van der Waals surface area contributed by atoms with Crippen molar-refractivity contribution in [3.05, 3.63) is 59.7 Å². The maximum atomic E-state index is 8.94. The van der Waals surface area contributed by atoms with Crippen molar-refractivity contribution < 1.29 is 0 Å². The molecular formula is C26H33N. The van der Waals surface area contributed by atoms with Crippen LogP contribution in [0.15, 0.2) is 48.5 Å². The van der Waals surface area contributed by atoms with Gasteiger partial charge in [0, 0.05) is 0 Å². The van der Waals surface area contributed by atoms with Crippen molar-refractivity contribution in [1.29, 1.82) is 5.26 Å². The maximum Gasteiger partial charge on any atom is 0.0991 e. The van der Waals surface area contributed by atoms with Crippen molar-refractivity contribution in [3.63, 3.8) is 0 Å². The molecule has 0 aromatic heterocycles. The predicted octanol–water partition coefficient (Wildman–Crippen LogP) is 7.72. The lowest BCUT2D eigenvalue weighted by Gasteiger charge is -2.32. The highest BCUT2D eigenvalue weighted by Crippen LogP contribution is 2.40. The number of nitrogens with zero attached hydrogens (tertiary/aromatic N) is 1. The van der Waals surface area contributed by atoms with Crippen molar-refractivity contribution in [1.82, 2.24) is 0 Å². The minimum Gasteiger partial charge on any atom is -0.192 e. The molecule has 2 aromatic carbocycles. The summed E-state index contributed by atoms with van der Waals surface area (Å²) in [5, 5.41) is 8.94. The Kier molecular flexibility index (Phi) is 7.11. The van der Waals surface area contributed by atoms with Gasteiger partial charge in [0.15, 0.2) is 0 Å². The molecule has 1 heteroatoms. The Bertz CT molecular complexity index is 727. The van der Waals surface area contributed by atoms with Gasteiger partial charge in [0.1, 0.15) is 0 Å². The largest absolute Gasteiger partial charge is 0.192 e. The Morgan fingerprint density at radius 3 is 2.04 bits per heavy atom. The Morgan fingerprint density at radius 1 is 0.889 bits per heavy atom. The zero-order valence-electron chi connectivity index (χ0n) is 17.0. The number of hydrogen-bond donors (Lipinski definition) is 0. The molecule has 0 aliphatic heterocycles. The fourth-order valence-electron chi connectivity index (χ4n) is 4.66. The first-order valence-electron chi connectivity index (χ1n) is 10.8. The van der Waals surface area contributed by atoms with Crippen LogP contribution in [-0.2, 0) is 0 Å². The van der Waals surface area contributed by atoms with E-state index in [0.717, 1.165) is 23.3 Å². The van der Waals surface area contributed by atoms with Gasteiger partial charge in [0.2, 0.25) is 0 Å². The molecule has 1 nitrogen and oxygen atoms in total. The highest BCUT2D eigenvalue weighted by atomic mass is 14.3. The molecule has 0 bridgehead atoms. The van der Waals surface area contributed by atoms with E-state index in [1.54, 1.807) is 0 Å². The molecule has 0 spiro atoms. The molecule has 0 heterocycles. The molecule has 2 aromatic rings. The van der Waals surface area contributed by atoms with Gasteiger partial charge in [-0.25, -0.2) is 0 Å². The average Bonchev–Trinajstić information content (AvgIpc) is 2.74. The maximum absolute atomic E-state index is 8.94. The lowest BCUT2D eigenvalue weighted by Crippen LogP contribution is -2.19. The molecule has 0 radical (unpaired) electrons. The van der Waals surface area contributed by atoms with Crippen LogP contribution >= 0.6 is 0 Å². The fraction of sp³-hybridized carbons (Fsp3) is 0.500. The molecule has 1 atom stereocenters. The molecule has 1 saturated carbocycles. The molecule has 1 unspecified atom stereocenters. The Hall–Kier alpha value is -2.07. The molecule has 0 N–H and O–H groups in total. The van der Waals surface area contributed by atoms with Crippen LogP contribution in [0.25, 0.3) is 11.1 Å². The van der Waals surface area contributed by atoms with Crippen molar-refractivity contribution >= 4 is 0 Å². The van der Waals surface area contributed by atoms with E-state index >= 15 is 0 Å². The average molecular weight is 360 g/mol. The second kappa shape index (κ2) is 9.75. The van der Waals surface area contributed by atoms with Gasteiger partial charge in [-0.3, -0.25) is 0 Å². The van der Waals surface area contributed by atoms with Gasteiger partial charge < -0.3 is 0 Å². The topological polar surface area (TPSA) is 23.8 Å². The van der Waals surface area contributed by atoms with E-state index in [1.165, 1.54) is 68.1 Å². The zero-order valence-corrected chi connectivity index (χ0v) is 17.0. The van der Waals surface area contributed by atoms with Gasteiger partial charge in [0.05, 0.1) is 11.6 Å². The van der Waals surface area contributed by atoms with Gasteiger partial charge in [-0.15, -0.1) is 0 Å². The van der Waals surface area contributed by atoms with E-state index in [-0.39, 0.29) is 0 Å². The summed E-state index contributed by atoms with van der Waals surface area (Å²) in [7, 11) is 0. The van der Waals surface area contributed by atoms with Crippen molar-refractivity contribution in [3.8, 4) is 17.2 Å². The van der Waals surface area contributed by atoms with E-state index < -0.39 is 0 Å². The first kappa shape index (κ1) is 19.7. The SMILES string of the molecule is CCCCCC(C)C1CCC(c2ccc(-c3ccc(C#N)cc3)cc2)CC1. The molecule has 27 heavy (non-hydrogen) atoms. The zero-order chi connectivity index (χ0) is 19.1. The Morgan fingerprint density at radius 2 is 1.48 bits per heavy atom. The standard InChI is InChI=1S/C26H33N/c1-3-4-5-6-20(2)22-11-13-24(14-12-22)26-17-15-25(16-18-26)23-9-7-21(19-27)8-10-23/h7-10,15-18,20,22,24H,3-6,11-14H2,1-2H3. The molecule has 1 aliphatic rings. The Balaban J connectivity index is 1.55. The molecule has 3 rings (SSSR count). The molecule has 0 amide bonds. The smallest absolute Gasteiger partial charge is 0.0991 e. The summed E-state index contributed by atoms with van der Waals surface area (Å²) in [6.07, 6.45) is 11.0. The number of benzene rings is 2. The van der Waals surface area contributed by atoms with Crippen LogP contribution in [0.4, 0.5) is 0 Å². The van der Waals surface area contributed by atoms with Crippen LogP contribution in [-0.4, -0.2) is 0 Å². The van der Waals surface area contributed by atoms with Gasteiger partial charge in [-0.05, 0) is 72.3 Å². The predicted molar refractivity (Wildman–Crippen MR) is 115 cm³/mol. The van der Waals surface area contributed by atoms with Gasteiger partial charge >= 0.3 is 0 Å². The van der Waals surface area contributed by atoms with Crippen LogP contribution in [0.3, 0.4) is 0 Å². The summed E-state index contributed by atoms with van der Waals surface area (Å²) < 4.78 is 0. The van der Waals surface area contributed by atoms with E-state index in [9.17, 15) is 0 Å². The van der Waals surface area contributed by atoms with E-state index in [4.69, 9.17) is 5.26 Å². The molecule has 0 saturated heterocycles. The third-order valence-corrected chi connectivity index (χ3v) is 6.57. The number of nitriles is 1. The highest BCUT2D eigenvalue weighted by molar-refractivity contribution is 5.64. The Labute approximate surface area is 165 Å². The van der Waals surface area contributed by atoms with Crippen LogP contribution in [0.5, 0.6) is 0 Å². The molecule has 142 valence electrons. The second-order valence-electron chi connectivity index (χ2n) is 8.40. The van der Waals surface area contributed by atoms with Crippen LogP contribution in [0.2, 0.25) is 0 Å². The minimum absolute atomic E-state index is 0.719. The van der Waals surface area contributed by atoms with Crippen molar-refractivity contribution in [2.45, 2.75) is 71.1 Å². The molecule has 1 fully saturated rings. The first-order chi connectivity index (χ1) is 13.2. The van der Waals surface area contributed by atoms with Crippen LogP contribution in [0.1, 0.15) is 82.3 Å².